The van der Waals surface area contributed by atoms with Crippen LogP contribution in [0.2, 0.25) is 0 Å². The first-order chi connectivity index (χ1) is 7.14. The van der Waals surface area contributed by atoms with E-state index in [1.807, 2.05) is 0 Å². The van der Waals surface area contributed by atoms with Gasteiger partial charge in [-0.2, -0.15) is 0 Å². The van der Waals surface area contributed by atoms with Crippen LogP contribution in [-0.4, -0.2) is 32.3 Å². The van der Waals surface area contributed by atoms with E-state index in [4.69, 9.17) is 10.5 Å². The number of hydrogen-bond acceptors (Lipinski definition) is 3. The summed E-state index contributed by atoms with van der Waals surface area (Å²) in [5.74, 6) is 1.33. The van der Waals surface area contributed by atoms with Gasteiger partial charge >= 0.3 is 0 Å². The van der Waals surface area contributed by atoms with Gasteiger partial charge in [0.25, 0.3) is 0 Å². The molecule has 0 aromatic carbocycles. The maximum Gasteiger partial charge on any atom is 0.0621 e. The highest BCUT2D eigenvalue weighted by atomic mass is 16.5. The molecule has 2 fully saturated rings. The van der Waals surface area contributed by atoms with Gasteiger partial charge in [-0.1, -0.05) is 13.8 Å². The van der Waals surface area contributed by atoms with Crippen LogP contribution in [0.25, 0.3) is 0 Å². The molecule has 3 N–H and O–H groups in total. The molecule has 0 bridgehead atoms. The topological polar surface area (TPSA) is 47.3 Å². The van der Waals surface area contributed by atoms with Crippen molar-refractivity contribution in [3.8, 4) is 0 Å². The van der Waals surface area contributed by atoms with E-state index >= 15 is 0 Å². The zero-order valence-corrected chi connectivity index (χ0v) is 9.96. The second-order valence-corrected chi connectivity index (χ2v) is 5.61. The van der Waals surface area contributed by atoms with Crippen LogP contribution in [0.5, 0.6) is 0 Å². The Morgan fingerprint density at radius 1 is 1.40 bits per heavy atom. The van der Waals surface area contributed by atoms with Gasteiger partial charge in [-0.05, 0) is 24.2 Å². The summed E-state index contributed by atoms with van der Waals surface area (Å²) < 4.78 is 5.35. The third-order valence-electron chi connectivity index (χ3n) is 4.25. The van der Waals surface area contributed by atoms with Crippen molar-refractivity contribution in [3.05, 3.63) is 0 Å². The summed E-state index contributed by atoms with van der Waals surface area (Å²) in [6.45, 7) is 8.42. The van der Waals surface area contributed by atoms with Crippen LogP contribution >= 0.6 is 0 Å². The molecule has 2 unspecified atom stereocenters. The normalized spacial score (nSPS) is 33.6. The van der Waals surface area contributed by atoms with Crippen molar-refractivity contribution >= 4 is 0 Å². The van der Waals surface area contributed by atoms with Crippen molar-refractivity contribution in [2.75, 3.05) is 26.3 Å². The molecule has 1 saturated carbocycles. The first-order valence-corrected chi connectivity index (χ1v) is 6.18. The van der Waals surface area contributed by atoms with Crippen LogP contribution in [0.1, 0.15) is 26.7 Å². The number of ether oxygens (including phenoxy) is 1. The van der Waals surface area contributed by atoms with Gasteiger partial charge in [0.15, 0.2) is 0 Å². The van der Waals surface area contributed by atoms with E-state index in [1.165, 1.54) is 12.8 Å². The maximum absolute atomic E-state index is 5.94. The highest BCUT2D eigenvalue weighted by molar-refractivity contribution is 4.97. The van der Waals surface area contributed by atoms with Crippen molar-refractivity contribution in [1.82, 2.24) is 5.32 Å². The minimum atomic E-state index is 0.242. The van der Waals surface area contributed by atoms with Crippen molar-refractivity contribution in [2.45, 2.75) is 32.7 Å². The molecule has 2 atom stereocenters. The minimum Gasteiger partial charge on any atom is -0.379 e. The average Bonchev–Trinajstić information content (AvgIpc) is 2.87. The molecular formula is C12H24N2O. The fraction of sp³-hybridized carbons (Fsp3) is 1.00. The van der Waals surface area contributed by atoms with Gasteiger partial charge in [0.05, 0.1) is 13.2 Å². The molecule has 0 amide bonds. The Balaban J connectivity index is 1.66. The van der Waals surface area contributed by atoms with E-state index < -0.39 is 0 Å². The fourth-order valence-electron chi connectivity index (χ4n) is 2.45. The molecule has 0 spiro atoms. The van der Waals surface area contributed by atoms with Gasteiger partial charge in [0, 0.05) is 25.0 Å². The number of nitrogens with one attached hydrogen (secondary N) is 1. The lowest BCUT2D eigenvalue weighted by atomic mass is 9.92. The summed E-state index contributed by atoms with van der Waals surface area (Å²) in [7, 11) is 0. The number of rotatable bonds is 5. The van der Waals surface area contributed by atoms with Crippen molar-refractivity contribution in [2.24, 2.45) is 23.0 Å². The van der Waals surface area contributed by atoms with Crippen molar-refractivity contribution in [3.63, 3.8) is 0 Å². The van der Waals surface area contributed by atoms with Gasteiger partial charge in [-0.25, -0.2) is 0 Å². The Morgan fingerprint density at radius 2 is 2.13 bits per heavy atom. The zero-order chi connectivity index (χ0) is 10.9. The predicted molar refractivity (Wildman–Crippen MR) is 61.7 cm³/mol. The Morgan fingerprint density at radius 3 is 2.60 bits per heavy atom. The van der Waals surface area contributed by atoms with Crippen LogP contribution in [0.3, 0.4) is 0 Å². The van der Waals surface area contributed by atoms with Gasteiger partial charge < -0.3 is 15.8 Å². The fourth-order valence-corrected chi connectivity index (χ4v) is 2.45. The van der Waals surface area contributed by atoms with E-state index in [-0.39, 0.29) is 6.04 Å². The third kappa shape index (κ3) is 2.52. The highest BCUT2D eigenvalue weighted by Crippen LogP contribution is 2.51. The van der Waals surface area contributed by atoms with Crippen molar-refractivity contribution < 1.29 is 4.74 Å². The molecule has 3 nitrogen and oxygen atoms in total. The summed E-state index contributed by atoms with van der Waals surface area (Å²) in [5, 5.41) is 3.58. The Labute approximate surface area is 92.7 Å². The Hall–Kier alpha value is -0.120. The molecule has 0 aromatic heterocycles. The molecule has 1 aliphatic carbocycles. The lowest BCUT2D eigenvalue weighted by Gasteiger charge is -2.22. The number of hydrogen-bond donors (Lipinski definition) is 2. The van der Waals surface area contributed by atoms with Crippen LogP contribution < -0.4 is 11.1 Å². The van der Waals surface area contributed by atoms with E-state index in [0.29, 0.717) is 11.3 Å². The average molecular weight is 212 g/mol. The van der Waals surface area contributed by atoms with E-state index in [2.05, 4.69) is 19.2 Å². The summed E-state index contributed by atoms with van der Waals surface area (Å²) >= 11 is 0. The van der Waals surface area contributed by atoms with Crippen LogP contribution in [0.15, 0.2) is 0 Å². The van der Waals surface area contributed by atoms with E-state index in [9.17, 15) is 0 Å². The quantitative estimate of drug-likeness (QED) is 0.714. The van der Waals surface area contributed by atoms with Gasteiger partial charge in [-0.15, -0.1) is 0 Å². The largest absolute Gasteiger partial charge is 0.379 e. The molecule has 2 rings (SSSR count). The minimum absolute atomic E-state index is 0.242. The molecule has 15 heavy (non-hydrogen) atoms. The first kappa shape index (κ1) is 11.4. The summed E-state index contributed by atoms with van der Waals surface area (Å²) in [6, 6.07) is 0.242. The zero-order valence-electron chi connectivity index (χ0n) is 9.96. The lowest BCUT2D eigenvalue weighted by molar-refractivity contribution is 0.183. The molecule has 0 radical (unpaired) electrons. The van der Waals surface area contributed by atoms with Crippen LogP contribution in [0, 0.1) is 17.3 Å². The van der Waals surface area contributed by atoms with E-state index in [0.717, 1.165) is 32.2 Å². The predicted octanol–water partition coefficient (Wildman–Crippen LogP) is 0.986. The summed E-state index contributed by atoms with van der Waals surface area (Å²) in [5.41, 5.74) is 6.54. The van der Waals surface area contributed by atoms with Gasteiger partial charge in [-0.3, -0.25) is 0 Å². The molecule has 2 aliphatic rings. The Bertz CT molecular complexity index is 214. The standard InChI is InChI=1S/C12H24N2O/c1-9(2)12(3-4-12)8-14-5-10-6-15-7-11(10)13/h9-11,14H,3-8,13H2,1-2H3. The molecule has 1 saturated heterocycles. The highest BCUT2D eigenvalue weighted by Gasteiger charge is 2.44. The van der Waals surface area contributed by atoms with Gasteiger partial charge in [0.1, 0.15) is 0 Å². The van der Waals surface area contributed by atoms with Crippen LogP contribution in [0.4, 0.5) is 0 Å². The summed E-state index contributed by atoms with van der Waals surface area (Å²) in [6.07, 6.45) is 2.79. The SMILES string of the molecule is CC(C)C1(CNCC2COCC2N)CC1. The molecule has 88 valence electrons. The molecule has 1 heterocycles. The third-order valence-corrected chi connectivity index (χ3v) is 4.25. The first-order valence-electron chi connectivity index (χ1n) is 6.18. The number of nitrogens with two attached hydrogens (primary N) is 1. The lowest BCUT2D eigenvalue weighted by Crippen LogP contribution is -2.38. The molecule has 0 aromatic rings. The maximum atomic E-state index is 5.94. The van der Waals surface area contributed by atoms with Crippen LogP contribution in [-0.2, 0) is 4.74 Å². The van der Waals surface area contributed by atoms with E-state index in [1.54, 1.807) is 0 Å². The summed E-state index contributed by atoms with van der Waals surface area (Å²) in [4.78, 5) is 0. The van der Waals surface area contributed by atoms with Crippen molar-refractivity contribution in [1.29, 1.82) is 0 Å². The molecular weight excluding hydrogens is 188 g/mol. The second-order valence-electron chi connectivity index (χ2n) is 5.61. The van der Waals surface area contributed by atoms with Gasteiger partial charge in [0.2, 0.25) is 0 Å². The molecule has 3 heteroatoms. The smallest absolute Gasteiger partial charge is 0.0621 e. The monoisotopic (exact) mass is 212 g/mol. The Kier molecular flexibility index (Phi) is 3.33. The molecule has 1 aliphatic heterocycles. The second kappa shape index (κ2) is 4.40.